The molecule has 2 heterocycles. The van der Waals surface area contributed by atoms with Gasteiger partial charge >= 0.3 is 0 Å². The molecular formula is C16H15FN4O3. The molecule has 8 heteroatoms. The summed E-state index contributed by atoms with van der Waals surface area (Å²) < 4.78 is 25.0. The fourth-order valence-corrected chi connectivity index (χ4v) is 2.05. The van der Waals surface area contributed by atoms with Crippen molar-refractivity contribution in [2.24, 2.45) is 0 Å². The Bertz CT molecular complexity index is 812. The molecule has 24 heavy (non-hydrogen) atoms. The Labute approximate surface area is 137 Å². The van der Waals surface area contributed by atoms with Crippen molar-refractivity contribution in [1.82, 2.24) is 15.0 Å². The van der Waals surface area contributed by atoms with Crippen LogP contribution in [0.15, 0.2) is 47.1 Å². The first-order valence-electron chi connectivity index (χ1n) is 7.27. The van der Waals surface area contributed by atoms with E-state index >= 15 is 0 Å². The number of furan rings is 1. The van der Waals surface area contributed by atoms with Gasteiger partial charge in [0, 0.05) is 0 Å². The van der Waals surface area contributed by atoms with E-state index in [4.69, 9.17) is 9.15 Å². The van der Waals surface area contributed by atoms with Crippen molar-refractivity contribution in [2.45, 2.75) is 13.5 Å². The number of aromatic nitrogens is 3. The van der Waals surface area contributed by atoms with E-state index < -0.39 is 5.91 Å². The van der Waals surface area contributed by atoms with Crippen molar-refractivity contribution in [1.29, 1.82) is 0 Å². The number of hydrogen-bond acceptors (Lipinski definition) is 5. The average Bonchev–Trinajstić information content (AvgIpc) is 3.22. The SMILES string of the molecule is Cc1c(NC(=O)c2ccco2)nnn1CCOc1ccc(F)cc1. The predicted octanol–water partition coefficient (Wildman–Crippen LogP) is 2.65. The highest BCUT2D eigenvalue weighted by Crippen LogP contribution is 2.13. The fraction of sp³-hybridized carbons (Fsp3) is 0.188. The molecule has 0 atom stereocenters. The first kappa shape index (κ1) is 15.7. The van der Waals surface area contributed by atoms with Crippen LogP contribution < -0.4 is 10.1 Å². The lowest BCUT2D eigenvalue weighted by atomic mass is 10.3. The van der Waals surface area contributed by atoms with Crippen LogP contribution in [-0.4, -0.2) is 27.5 Å². The average molecular weight is 330 g/mol. The second kappa shape index (κ2) is 6.95. The zero-order valence-electron chi connectivity index (χ0n) is 12.9. The standard InChI is InChI=1S/C16H15FN4O3/c1-11-15(18-16(22)14-3-2-9-24-14)19-20-21(11)8-10-23-13-6-4-12(17)5-7-13/h2-7,9H,8,10H2,1H3,(H,18,22). The van der Waals surface area contributed by atoms with Gasteiger partial charge in [-0.15, -0.1) is 5.10 Å². The smallest absolute Gasteiger partial charge is 0.292 e. The van der Waals surface area contributed by atoms with Crippen LogP contribution >= 0.6 is 0 Å². The minimum atomic E-state index is -0.391. The lowest BCUT2D eigenvalue weighted by Crippen LogP contribution is -2.13. The summed E-state index contributed by atoms with van der Waals surface area (Å²) in [6.07, 6.45) is 1.42. The number of hydrogen-bond donors (Lipinski definition) is 1. The van der Waals surface area contributed by atoms with E-state index in [0.29, 0.717) is 30.4 Å². The monoisotopic (exact) mass is 330 g/mol. The fourth-order valence-electron chi connectivity index (χ4n) is 2.05. The Morgan fingerprint density at radius 1 is 1.33 bits per heavy atom. The highest BCUT2D eigenvalue weighted by atomic mass is 19.1. The molecule has 1 N–H and O–H groups in total. The van der Waals surface area contributed by atoms with Crippen molar-refractivity contribution in [3.63, 3.8) is 0 Å². The number of halogens is 1. The van der Waals surface area contributed by atoms with E-state index in [9.17, 15) is 9.18 Å². The second-order valence-electron chi connectivity index (χ2n) is 4.98. The number of nitrogens with one attached hydrogen (secondary N) is 1. The van der Waals surface area contributed by atoms with Gasteiger partial charge in [0.15, 0.2) is 11.6 Å². The molecule has 0 spiro atoms. The molecule has 0 unspecified atom stereocenters. The highest BCUT2D eigenvalue weighted by molar-refractivity contribution is 6.01. The second-order valence-corrected chi connectivity index (χ2v) is 4.98. The Hall–Kier alpha value is -3.16. The molecule has 3 aromatic rings. The number of rotatable bonds is 6. The number of carbonyl (C=O) groups is 1. The highest BCUT2D eigenvalue weighted by Gasteiger charge is 2.14. The van der Waals surface area contributed by atoms with Crippen LogP contribution in [0.2, 0.25) is 0 Å². The molecule has 0 aliphatic carbocycles. The number of nitrogens with zero attached hydrogens (tertiary/aromatic N) is 3. The van der Waals surface area contributed by atoms with Crippen molar-refractivity contribution in [2.75, 3.05) is 11.9 Å². The molecule has 0 aliphatic rings. The van der Waals surface area contributed by atoms with Gasteiger partial charge < -0.3 is 14.5 Å². The van der Waals surface area contributed by atoms with Crippen molar-refractivity contribution in [3.05, 3.63) is 59.9 Å². The van der Waals surface area contributed by atoms with Crippen molar-refractivity contribution < 1.29 is 18.3 Å². The van der Waals surface area contributed by atoms with Crippen LogP contribution in [0.25, 0.3) is 0 Å². The van der Waals surface area contributed by atoms with Crippen LogP contribution in [0.5, 0.6) is 5.75 Å². The summed E-state index contributed by atoms with van der Waals surface area (Å²) in [7, 11) is 0. The molecule has 1 amide bonds. The van der Waals surface area contributed by atoms with Gasteiger partial charge in [-0.05, 0) is 43.3 Å². The predicted molar refractivity (Wildman–Crippen MR) is 83.3 cm³/mol. The van der Waals surface area contributed by atoms with Crippen LogP contribution in [0, 0.1) is 12.7 Å². The maximum Gasteiger partial charge on any atom is 0.292 e. The van der Waals surface area contributed by atoms with Crippen LogP contribution in [-0.2, 0) is 6.54 Å². The van der Waals surface area contributed by atoms with E-state index in [1.165, 1.54) is 18.4 Å². The molecule has 3 rings (SSSR count). The lowest BCUT2D eigenvalue weighted by molar-refractivity contribution is 0.0996. The number of anilines is 1. The Morgan fingerprint density at radius 3 is 2.83 bits per heavy atom. The van der Waals surface area contributed by atoms with Crippen molar-refractivity contribution in [3.8, 4) is 5.75 Å². The molecule has 2 aromatic heterocycles. The quantitative estimate of drug-likeness (QED) is 0.751. The topological polar surface area (TPSA) is 82.2 Å². The molecule has 0 bridgehead atoms. The number of benzene rings is 1. The van der Waals surface area contributed by atoms with Gasteiger partial charge in [0.2, 0.25) is 0 Å². The Kier molecular flexibility index (Phi) is 4.55. The van der Waals surface area contributed by atoms with Gasteiger partial charge in [-0.25, -0.2) is 9.07 Å². The third kappa shape index (κ3) is 3.60. The summed E-state index contributed by atoms with van der Waals surface area (Å²) >= 11 is 0. The summed E-state index contributed by atoms with van der Waals surface area (Å²) in [4.78, 5) is 11.9. The van der Waals surface area contributed by atoms with E-state index in [1.54, 1.807) is 35.9 Å². The molecule has 7 nitrogen and oxygen atoms in total. The third-order valence-electron chi connectivity index (χ3n) is 3.34. The van der Waals surface area contributed by atoms with Gasteiger partial charge in [0.05, 0.1) is 18.5 Å². The summed E-state index contributed by atoms with van der Waals surface area (Å²) in [6.45, 7) is 2.56. The normalized spacial score (nSPS) is 10.6. The molecule has 0 radical (unpaired) electrons. The molecule has 0 saturated heterocycles. The van der Waals surface area contributed by atoms with Gasteiger partial charge in [-0.1, -0.05) is 5.21 Å². The van der Waals surface area contributed by atoms with E-state index in [0.717, 1.165) is 0 Å². The molecule has 0 aliphatic heterocycles. The van der Waals surface area contributed by atoms with Crippen molar-refractivity contribution >= 4 is 11.7 Å². The van der Waals surface area contributed by atoms with E-state index in [2.05, 4.69) is 15.6 Å². The number of ether oxygens (including phenoxy) is 1. The zero-order valence-corrected chi connectivity index (χ0v) is 12.9. The van der Waals surface area contributed by atoms with E-state index in [1.807, 2.05) is 0 Å². The Morgan fingerprint density at radius 2 is 2.12 bits per heavy atom. The third-order valence-corrected chi connectivity index (χ3v) is 3.34. The van der Waals surface area contributed by atoms with Crippen LogP contribution in [0.3, 0.4) is 0 Å². The maximum atomic E-state index is 12.8. The molecule has 124 valence electrons. The van der Waals surface area contributed by atoms with Gasteiger partial charge in [-0.3, -0.25) is 4.79 Å². The summed E-state index contributed by atoms with van der Waals surface area (Å²) in [5, 5.41) is 10.6. The van der Waals surface area contributed by atoms with Crippen LogP contribution in [0.1, 0.15) is 16.2 Å². The Balaban J connectivity index is 1.56. The first-order valence-corrected chi connectivity index (χ1v) is 7.27. The number of amides is 1. The molecular weight excluding hydrogens is 315 g/mol. The van der Waals surface area contributed by atoms with Gasteiger partial charge in [0.25, 0.3) is 5.91 Å². The minimum absolute atomic E-state index is 0.198. The molecule has 1 aromatic carbocycles. The van der Waals surface area contributed by atoms with Crippen LogP contribution in [0.4, 0.5) is 10.2 Å². The largest absolute Gasteiger partial charge is 0.492 e. The molecule has 0 saturated carbocycles. The summed E-state index contributed by atoms with van der Waals surface area (Å²) in [6, 6.07) is 8.96. The zero-order chi connectivity index (χ0) is 16.9. The number of carbonyl (C=O) groups excluding carboxylic acids is 1. The molecule has 0 fully saturated rings. The van der Waals surface area contributed by atoms with Gasteiger partial charge in [-0.2, -0.15) is 0 Å². The first-order chi connectivity index (χ1) is 11.6. The summed E-state index contributed by atoms with van der Waals surface area (Å²) in [5.41, 5.74) is 0.692. The van der Waals surface area contributed by atoms with Gasteiger partial charge in [0.1, 0.15) is 18.2 Å². The minimum Gasteiger partial charge on any atom is -0.492 e. The maximum absolute atomic E-state index is 12.8. The van der Waals surface area contributed by atoms with E-state index in [-0.39, 0.29) is 11.6 Å². The lowest BCUT2D eigenvalue weighted by Gasteiger charge is -2.07. The summed E-state index contributed by atoms with van der Waals surface area (Å²) in [5.74, 6) is 0.423.